The minimum Gasteiger partial charge on any atom is -0.497 e. The minimum atomic E-state index is -0.474. The average molecular weight is 399 g/mol. The van der Waals surface area contributed by atoms with Gasteiger partial charge in [0.25, 0.3) is 11.8 Å². The summed E-state index contributed by atoms with van der Waals surface area (Å²) in [5, 5.41) is 4.67. The van der Waals surface area contributed by atoms with Gasteiger partial charge in [-0.3, -0.25) is 14.9 Å². The molecule has 0 spiro atoms. The molecule has 4 amide bonds. The molecule has 0 aromatic heterocycles. The van der Waals surface area contributed by atoms with Crippen LogP contribution in [0, 0.1) is 5.82 Å². The Bertz CT molecular complexity index is 930. The zero-order valence-corrected chi connectivity index (χ0v) is 16.2. The Morgan fingerprint density at radius 3 is 2.48 bits per heavy atom. The number of aryl methyl sites for hydroxylation is 1. The van der Waals surface area contributed by atoms with E-state index >= 15 is 0 Å². The number of hydrogen-bond donors (Lipinski definition) is 2. The van der Waals surface area contributed by atoms with Gasteiger partial charge in [0.1, 0.15) is 17.6 Å². The van der Waals surface area contributed by atoms with Crippen molar-refractivity contribution in [2.75, 3.05) is 14.2 Å². The van der Waals surface area contributed by atoms with E-state index in [-0.39, 0.29) is 17.6 Å². The topological polar surface area (TPSA) is 87.7 Å². The fraction of sp³-hybridized carbons (Fsp3) is 0.286. The number of urea groups is 1. The average Bonchev–Trinajstić information content (AvgIpc) is 3.19. The van der Waals surface area contributed by atoms with Crippen LogP contribution in [0.3, 0.4) is 0 Å². The second kappa shape index (κ2) is 8.72. The molecule has 2 aliphatic rings. The smallest absolute Gasteiger partial charge is 0.322 e. The van der Waals surface area contributed by atoms with Gasteiger partial charge < -0.3 is 15.0 Å². The van der Waals surface area contributed by atoms with E-state index in [1.807, 2.05) is 12.1 Å². The second-order valence-corrected chi connectivity index (χ2v) is 6.86. The predicted molar refractivity (Wildman–Crippen MR) is 104 cm³/mol. The van der Waals surface area contributed by atoms with Crippen molar-refractivity contribution in [3.05, 3.63) is 65.0 Å². The number of rotatable bonds is 4. The molecule has 0 saturated carbocycles. The highest BCUT2D eigenvalue weighted by atomic mass is 19.1. The number of amides is 4. The van der Waals surface area contributed by atoms with Crippen LogP contribution >= 0.6 is 0 Å². The van der Waals surface area contributed by atoms with Gasteiger partial charge in [-0.1, -0.05) is 18.2 Å². The SMILES string of the molecule is COc1ccc2c(c1)C(=O)N(C)C2.O=C1NC(=O)C(CCc2ccc(F)cc2)N1. The molecule has 2 N–H and O–H groups in total. The maximum absolute atomic E-state index is 12.6. The molecule has 7 nitrogen and oxygen atoms in total. The number of methoxy groups -OCH3 is 1. The van der Waals surface area contributed by atoms with Crippen LogP contribution in [-0.2, 0) is 17.8 Å². The number of nitrogens with one attached hydrogen (secondary N) is 2. The molecule has 0 aliphatic carbocycles. The lowest BCUT2D eigenvalue weighted by molar-refractivity contribution is -0.120. The molecular weight excluding hydrogens is 377 g/mol. The van der Waals surface area contributed by atoms with E-state index in [1.54, 1.807) is 37.3 Å². The zero-order valence-electron chi connectivity index (χ0n) is 16.2. The number of fused-ring (bicyclic) bond motifs is 1. The Morgan fingerprint density at radius 2 is 1.86 bits per heavy atom. The highest BCUT2D eigenvalue weighted by Crippen LogP contribution is 2.25. The van der Waals surface area contributed by atoms with Crippen molar-refractivity contribution >= 4 is 17.8 Å². The number of carbonyl (C=O) groups is 3. The summed E-state index contributed by atoms with van der Waals surface area (Å²) in [6.45, 7) is 0.707. The summed E-state index contributed by atoms with van der Waals surface area (Å²) < 4.78 is 17.7. The molecule has 152 valence electrons. The number of nitrogens with zero attached hydrogens (tertiary/aromatic N) is 1. The van der Waals surface area contributed by atoms with Crippen LogP contribution in [0.1, 0.15) is 27.9 Å². The van der Waals surface area contributed by atoms with Gasteiger partial charge in [-0.2, -0.15) is 0 Å². The Labute approximate surface area is 167 Å². The summed E-state index contributed by atoms with van der Waals surface area (Å²) >= 11 is 0. The Balaban J connectivity index is 0.000000169. The van der Waals surface area contributed by atoms with Gasteiger partial charge >= 0.3 is 6.03 Å². The van der Waals surface area contributed by atoms with Crippen molar-refractivity contribution in [3.63, 3.8) is 0 Å². The van der Waals surface area contributed by atoms with Gasteiger partial charge in [-0.05, 0) is 48.2 Å². The van der Waals surface area contributed by atoms with E-state index in [4.69, 9.17) is 4.74 Å². The Kier molecular flexibility index (Phi) is 6.11. The van der Waals surface area contributed by atoms with Crippen LogP contribution in [0.4, 0.5) is 9.18 Å². The molecule has 2 aromatic carbocycles. The molecule has 29 heavy (non-hydrogen) atoms. The van der Waals surface area contributed by atoms with Crippen LogP contribution in [-0.4, -0.2) is 42.9 Å². The first kappa shape index (κ1) is 20.3. The highest BCUT2D eigenvalue weighted by Gasteiger charge is 2.28. The first-order valence-corrected chi connectivity index (χ1v) is 9.15. The first-order chi connectivity index (χ1) is 13.9. The first-order valence-electron chi connectivity index (χ1n) is 9.15. The number of imide groups is 1. The summed E-state index contributed by atoms with van der Waals surface area (Å²) in [6.07, 6.45) is 1.14. The fourth-order valence-electron chi connectivity index (χ4n) is 3.18. The summed E-state index contributed by atoms with van der Waals surface area (Å²) in [5.41, 5.74) is 2.78. The van der Waals surface area contributed by atoms with Crippen molar-refractivity contribution in [1.82, 2.24) is 15.5 Å². The molecule has 1 fully saturated rings. The van der Waals surface area contributed by atoms with Crippen molar-refractivity contribution in [2.24, 2.45) is 0 Å². The third kappa shape index (κ3) is 4.90. The van der Waals surface area contributed by atoms with E-state index < -0.39 is 12.1 Å². The van der Waals surface area contributed by atoms with Gasteiger partial charge in [-0.15, -0.1) is 0 Å². The Hall–Kier alpha value is -3.42. The zero-order chi connectivity index (χ0) is 21.0. The lowest BCUT2D eigenvalue weighted by Gasteiger charge is -2.06. The molecule has 4 rings (SSSR count). The number of carbonyl (C=O) groups excluding carboxylic acids is 3. The third-order valence-electron chi connectivity index (χ3n) is 4.80. The van der Waals surface area contributed by atoms with Crippen LogP contribution in [0.2, 0.25) is 0 Å². The van der Waals surface area contributed by atoms with Crippen LogP contribution < -0.4 is 15.4 Å². The summed E-state index contributed by atoms with van der Waals surface area (Å²) in [5.74, 6) is 0.235. The Morgan fingerprint density at radius 1 is 1.14 bits per heavy atom. The van der Waals surface area contributed by atoms with E-state index in [9.17, 15) is 18.8 Å². The molecule has 8 heteroatoms. The number of benzene rings is 2. The third-order valence-corrected chi connectivity index (χ3v) is 4.80. The van der Waals surface area contributed by atoms with Crippen LogP contribution in [0.5, 0.6) is 5.75 Å². The second-order valence-electron chi connectivity index (χ2n) is 6.86. The van der Waals surface area contributed by atoms with E-state index in [0.29, 0.717) is 19.4 Å². The van der Waals surface area contributed by atoms with E-state index in [2.05, 4.69) is 10.6 Å². The predicted octanol–water partition coefficient (Wildman–Crippen LogP) is 2.25. The van der Waals surface area contributed by atoms with Gasteiger partial charge in [0.15, 0.2) is 0 Å². The normalized spacial score (nSPS) is 17.3. The maximum Gasteiger partial charge on any atom is 0.322 e. The number of ether oxygens (including phenoxy) is 1. The largest absolute Gasteiger partial charge is 0.497 e. The van der Waals surface area contributed by atoms with Gasteiger partial charge in [0, 0.05) is 19.2 Å². The molecule has 2 aromatic rings. The van der Waals surface area contributed by atoms with Crippen LogP contribution in [0.15, 0.2) is 42.5 Å². The maximum atomic E-state index is 12.6. The standard InChI is InChI=1S/C11H11FN2O2.C10H11NO2/c12-8-4-1-7(2-5-8)3-6-9-10(15)14-11(16)13-9;1-11-6-7-3-4-8(13-2)5-9(7)10(11)12/h1-2,4-5,9H,3,6H2,(H2,13,14,15,16);3-5H,6H2,1-2H3. The monoisotopic (exact) mass is 399 g/mol. The number of hydrogen-bond acceptors (Lipinski definition) is 4. The molecule has 2 aliphatic heterocycles. The van der Waals surface area contributed by atoms with Crippen molar-refractivity contribution in [2.45, 2.75) is 25.4 Å². The minimum absolute atomic E-state index is 0.0777. The van der Waals surface area contributed by atoms with Crippen molar-refractivity contribution in [3.8, 4) is 5.75 Å². The lowest BCUT2D eigenvalue weighted by Crippen LogP contribution is -2.29. The van der Waals surface area contributed by atoms with Crippen molar-refractivity contribution < 1.29 is 23.5 Å². The molecule has 1 atom stereocenters. The van der Waals surface area contributed by atoms with Gasteiger partial charge in [0.2, 0.25) is 0 Å². The van der Waals surface area contributed by atoms with Crippen LogP contribution in [0.25, 0.3) is 0 Å². The lowest BCUT2D eigenvalue weighted by atomic mass is 10.1. The summed E-state index contributed by atoms with van der Waals surface area (Å²) in [4.78, 5) is 35.3. The van der Waals surface area contributed by atoms with Gasteiger partial charge in [0.05, 0.1) is 7.11 Å². The van der Waals surface area contributed by atoms with Crippen molar-refractivity contribution in [1.29, 1.82) is 0 Å². The van der Waals surface area contributed by atoms with Gasteiger partial charge in [-0.25, -0.2) is 9.18 Å². The highest BCUT2D eigenvalue weighted by molar-refractivity contribution is 6.04. The summed E-state index contributed by atoms with van der Waals surface area (Å²) in [7, 11) is 3.40. The number of halogens is 1. The van der Waals surface area contributed by atoms with E-state index in [1.165, 1.54) is 12.1 Å². The fourth-order valence-corrected chi connectivity index (χ4v) is 3.18. The van der Waals surface area contributed by atoms with E-state index in [0.717, 1.165) is 22.4 Å². The molecular formula is C21H22FN3O4. The molecule has 1 saturated heterocycles. The summed E-state index contributed by atoms with van der Waals surface area (Å²) in [6, 6.07) is 10.8. The molecule has 1 unspecified atom stereocenters. The quantitative estimate of drug-likeness (QED) is 0.772. The molecule has 0 bridgehead atoms. The molecule has 2 heterocycles. The molecule has 0 radical (unpaired) electrons.